The molecule has 2 N–H and O–H groups in total. The maximum atomic E-state index is 12.6. The Kier molecular flexibility index (Phi) is 4.52. The minimum atomic E-state index is -4.53. The summed E-state index contributed by atoms with van der Waals surface area (Å²) in [6.07, 6.45) is -4.81. The molecule has 1 rings (SSSR count). The van der Waals surface area contributed by atoms with E-state index in [1.807, 2.05) is 0 Å². The van der Waals surface area contributed by atoms with Gasteiger partial charge in [0, 0.05) is 12.1 Å². The number of hydrogen-bond acceptors (Lipinski definition) is 2. The molecule has 0 aliphatic carbocycles. The molecule has 0 heterocycles. The fraction of sp³-hybridized carbons (Fsp3) is 0.333. The average molecular weight is 275 g/mol. The molecule has 0 aliphatic heterocycles. The van der Waals surface area contributed by atoms with Crippen LogP contribution in [0.15, 0.2) is 18.2 Å². The molecule has 0 atom stereocenters. The number of halogens is 3. The third-order valence-electron chi connectivity index (χ3n) is 2.29. The van der Waals surface area contributed by atoms with Crippen LogP contribution in [0, 0.1) is 6.92 Å². The van der Waals surface area contributed by atoms with Crippen molar-refractivity contribution in [3.8, 4) is 0 Å². The molecule has 0 spiro atoms. The zero-order chi connectivity index (χ0) is 14.6. The molecule has 0 bridgehead atoms. The second-order valence-electron chi connectivity index (χ2n) is 3.99. The first kappa shape index (κ1) is 15.0. The van der Waals surface area contributed by atoms with Crippen molar-refractivity contribution >= 4 is 11.9 Å². The second kappa shape index (κ2) is 5.73. The van der Waals surface area contributed by atoms with Gasteiger partial charge in [0.25, 0.3) is 5.91 Å². The summed E-state index contributed by atoms with van der Waals surface area (Å²) in [4.78, 5) is 21.8. The summed E-state index contributed by atoms with van der Waals surface area (Å²) in [5.74, 6) is -1.82. The molecule has 7 heteroatoms. The van der Waals surface area contributed by atoms with E-state index in [1.54, 1.807) is 0 Å². The lowest BCUT2D eigenvalue weighted by Gasteiger charge is -2.10. The Balaban J connectivity index is 2.86. The first-order chi connectivity index (χ1) is 8.70. The van der Waals surface area contributed by atoms with Crippen molar-refractivity contribution in [1.82, 2.24) is 5.32 Å². The van der Waals surface area contributed by atoms with E-state index in [4.69, 9.17) is 5.11 Å². The van der Waals surface area contributed by atoms with E-state index in [-0.39, 0.29) is 18.5 Å². The van der Waals surface area contributed by atoms with Crippen molar-refractivity contribution in [3.63, 3.8) is 0 Å². The van der Waals surface area contributed by atoms with Gasteiger partial charge in [0.2, 0.25) is 0 Å². The number of benzene rings is 1. The standard InChI is InChI=1S/C12H12F3NO3/c1-7-4-8(6-9(5-7)12(13,14)15)11(19)16-3-2-10(17)18/h4-6H,2-3H2,1H3,(H,16,19)(H,17,18). The van der Waals surface area contributed by atoms with Gasteiger partial charge in [0.15, 0.2) is 0 Å². The summed E-state index contributed by atoms with van der Waals surface area (Å²) >= 11 is 0. The second-order valence-corrected chi connectivity index (χ2v) is 3.99. The normalized spacial score (nSPS) is 11.2. The summed E-state index contributed by atoms with van der Waals surface area (Å²) in [6, 6.07) is 2.99. The maximum absolute atomic E-state index is 12.6. The molecule has 19 heavy (non-hydrogen) atoms. The molecule has 0 saturated heterocycles. The SMILES string of the molecule is Cc1cc(C(=O)NCCC(=O)O)cc(C(F)(F)F)c1. The van der Waals surface area contributed by atoms with Crippen LogP contribution in [0.25, 0.3) is 0 Å². The highest BCUT2D eigenvalue weighted by molar-refractivity contribution is 5.94. The first-order valence-corrected chi connectivity index (χ1v) is 5.39. The lowest BCUT2D eigenvalue weighted by Crippen LogP contribution is -2.26. The molecule has 0 unspecified atom stereocenters. The highest BCUT2D eigenvalue weighted by atomic mass is 19.4. The Labute approximate surface area is 107 Å². The topological polar surface area (TPSA) is 66.4 Å². The predicted molar refractivity (Wildman–Crippen MR) is 60.8 cm³/mol. The monoisotopic (exact) mass is 275 g/mol. The molecule has 4 nitrogen and oxygen atoms in total. The van der Waals surface area contributed by atoms with Crippen LogP contribution in [0.4, 0.5) is 13.2 Å². The van der Waals surface area contributed by atoms with E-state index in [0.717, 1.165) is 12.1 Å². The van der Waals surface area contributed by atoms with Crippen molar-refractivity contribution in [2.45, 2.75) is 19.5 Å². The first-order valence-electron chi connectivity index (χ1n) is 5.39. The number of aliphatic carboxylic acids is 1. The van der Waals surface area contributed by atoms with Gasteiger partial charge in [0.1, 0.15) is 0 Å². The Morgan fingerprint density at radius 2 is 1.89 bits per heavy atom. The lowest BCUT2D eigenvalue weighted by atomic mass is 10.1. The highest BCUT2D eigenvalue weighted by Gasteiger charge is 2.31. The van der Waals surface area contributed by atoms with E-state index in [9.17, 15) is 22.8 Å². The largest absolute Gasteiger partial charge is 0.481 e. The molecule has 0 aliphatic rings. The summed E-state index contributed by atoms with van der Waals surface area (Å²) in [6.45, 7) is 1.31. The third kappa shape index (κ3) is 4.61. The number of aryl methyl sites for hydroxylation is 1. The number of carboxylic acid groups (broad SMARTS) is 1. The minimum Gasteiger partial charge on any atom is -0.481 e. The van der Waals surface area contributed by atoms with Crippen molar-refractivity contribution < 1.29 is 27.9 Å². The van der Waals surface area contributed by atoms with Gasteiger partial charge in [-0.25, -0.2) is 0 Å². The molecule has 104 valence electrons. The molecule has 1 amide bonds. The van der Waals surface area contributed by atoms with Crippen LogP contribution in [0.5, 0.6) is 0 Å². The van der Waals surface area contributed by atoms with Crippen LogP contribution in [0.3, 0.4) is 0 Å². The molecule has 0 aromatic heterocycles. The fourth-order valence-electron chi connectivity index (χ4n) is 1.46. The number of carbonyl (C=O) groups is 2. The van der Waals surface area contributed by atoms with Crippen LogP contribution in [0.1, 0.15) is 27.9 Å². The van der Waals surface area contributed by atoms with Gasteiger partial charge >= 0.3 is 12.1 Å². The summed E-state index contributed by atoms with van der Waals surface area (Å²) in [5, 5.41) is 10.6. The molecule has 0 fully saturated rings. The third-order valence-corrected chi connectivity index (χ3v) is 2.29. The fourth-order valence-corrected chi connectivity index (χ4v) is 1.46. The van der Waals surface area contributed by atoms with Gasteiger partial charge in [0.05, 0.1) is 12.0 Å². The van der Waals surface area contributed by atoms with Crippen LogP contribution in [0.2, 0.25) is 0 Å². The quantitative estimate of drug-likeness (QED) is 0.885. The molecule has 0 saturated carbocycles. The van der Waals surface area contributed by atoms with Crippen molar-refractivity contribution in [3.05, 3.63) is 34.9 Å². The smallest absolute Gasteiger partial charge is 0.416 e. The van der Waals surface area contributed by atoms with E-state index >= 15 is 0 Å². The van der Waals surface area contributed by atoms with Crippen molar-refractivity contribution in [2.24, 2.45) is 0 Å². The maximum Gasteiger partial charge on any atom is 0.416 e. The van der Waals surface area contributed by atoms with Crippen molar-refractivity contribution in [2.75, 3.05) is 6.54 Å². The lowest BCUT2D eigenvalue weighted by molar-refractivity contribution is -0.138. The summed E-state index contributed by atoms with van der Waals surface area (Å²) < 4.78 is 37.7. The van der Waals surface area contributed by atoms with E-state index < -0.39 is 23.6 Å². The highest BCUT2D eigenvalue weighted by Crippen LogP contribution is 2.30. The number of alkyl halides is 3. The zero-order valence-corrected chi connectivity index (χ0v) is 10.0. The number of hydrogen-bond donors (Lipinski definition) is 2. The summed E-state index contributed by atoms with van der Waals surface area (Å²) in [7, 11) is 0. The molecule has 1 aromatic carbocycles. The van der Waals surface area contributed by atoms with E-state index in [1.165, 1.54) is 13.0 Å². The van der Waals surface area contributed by atoms with Gasteiger partial charge in [-0.2, -0.15) is 13.2 Å². The minimum absolute atomic E-state index is 0.135. The number of rotatable bonds is 4. The van der Waals surface area contributed by atoms with E-state index in [2.05, 4.69) is 5.32 Å². The van der Waals surface area contributed by atoms with Crippen LogP contribution >= 0.6 is 0 Å². The average Bonchev–Trinajstić information content (AvgIpc) is 2.26. The Morgan fingerprint density at radius 1 is 1.26 bits per heavy atom. The van der Waals surface area contributed by atoms with Crippen LogP contribution in [-0.4, -0.2) is 23.5 Å². The van der Waals surface area contributed by atoms with Gasteiger partial charge in [-0.15, -0.1) is 0 Å². The Hall–Kier alpha value is -2.05. The number of amides is 1. The zero-order valence-electron chi connectivity index (χ0n) is 10.0. The Morgan fingerprint density at radius 3 is 2.42 bits per heavy atom. The van der Waals surface area contributed by atoms with Gasteiger partial charge in [-0.05, 0) is 30.7 Å². The van der Waals surface area contributed by atoms with Crippen LogP contribution in [-0.2, 0) is 11.0 Å². The molecular weight excluding hydrogens is 263 g/mol. The molecular formula is C12H12F3NO3. The van der Waals surface area contributed by atoms with Gasteiger partial charge in [-0.1, -0.05) is 0 Å². The van der Waals surface area contributed by atoms with E-state index in [0.29, 0.717) is 5.56 Å². The van der Waals surface area contributed by atoms with Crippen LogP contribution < -0.4 is 5.32 Å². The van der Waals surface area contributed by atoms with Crippen molar-refractivity contribution in [1.29, 1.82) is 0 Å². The Bertz CT molecular complexity index is 497. The van der Waals surface area contributed by atoms with Gasteiger partial charge in [-0.3, -0.25) is 9.59 Å². The summed E-state index contributed by atoms with van der Waals surface area (Å²) in [5.41, 5.74) is -0.744. The predicted octanol–water partition coefficient (Wildman–Crippen LogP) is 2.22. The number of carbonyl (C=O) groups excluding carboxylic acids is 1. The molecule has 1 aromatic rings. The number of carboxylic acids is 1. The number of nitrogens with one attached hydrogen (secondary N) is 1. The van der Waals surface area contributed by atoms with Gasteiger partial charge < -0.3 is 10.4 Å². The molecule has 0 radical (unpaired) electrons.